The number of alkyl halides is 3. The van der Waals surface area contributed by atoms with Gasteiger partial charge in [-0.1, -0.05) is 26.0 Å². The second-order valence-electron chi connectivity index (χ2n) is 5.69. The first kappa shape index (κ1) is 21.7. The molecule has 0 rings (SSSR count). The van der Waals surface area contributed by atoms with Gasteiger partial charge in [0.15, 0.2) is 0 Å². The molecule has 1 atom stereocenters. The molecule has 0 aromatic rings. The molecule has 0 N–H and O–H groups in total. The average Bonchev–Trinajstić information content (AvgIpc) is 2.46. The maximum Gasteiger partial charge on any atom is 0.405 e. The molecule has 0 radical (unpaired) electrons. The van der Waals surface area contributed by atoms with Crippen LogP contribution < -0.4 is 0 Å². The van der Waals surface area contributed by atoms with E-state index in [9.17, 15) is 22.4 Å². The smallest absolute Gasteiger partial charge is 0.369 e. The Morgan fingerprint density at radius 1 is 1.17 bits per heavy atom. The van der Waals surface area contributed by atoms with E-state index in [0.29, 0.717) is 25.0 Å². The summed E-state index contributed by atoms with van der Waals surface area (Å²) in [6, 6.07) is 0. The zero-order valence-corrected chi connectivity index (χ0v) is 14.1. The van der Waals surface area contributed by atoms with Crippen LogP contribution in [-0.2, 0) is 4.79 Å². The highest BCUT2D eigenvalue weighted by Gasteiger charge is 2.30. The maximum atomic E-state index is 13.2. The predicted molar refractivity (Wildman–Crippen MR) is 84.6 cm³/mol. The van der Waals surface area contributed by atoms with Crippen molar-refractivity contribution in [2.45, 2.75) is 58.5 Å². The van der Waals surface area contributed by atoms with E-state index in [-0.39, 0.29) is 18.2 Å². The Morgan fingerprint density at radius 3 is 2.30 bits per heavy atom. The van der Waals surface area contributed by atoms with Crippen molar-refractivity contribution in [3.63, 3.8) is 0 Å². The molecule has 0 fully saturated rings. The van der Waals surface area contributed by atoms with Crippen molar-refractivity contribution in [2.75, 3.05) is 13.6 Å². The van der Waals surface area contributed by atoms with E-state index in [0.717, 1.165) is 19.1 Å². The fourth-order valence-corrected chi connectivity index (χ4v) is 2.29. The molecule has 23 heavy (non-hydrogen) atoms. The van der Waals surface area contributed by atoms with E-state index in [1.807, 2.05) is 0 Å². The Hall–Kier alpha value is -1.33. The molecule has 0 spiro atoms. The number of carbonyl (C=O) groups is 1. The van der Waals surface area contributed by atoms with Gasteiger partial charge >= 0.3 is 6.18 Å². The van der Waals surface area contributed by atoms with Gasteiger partial charge < -0.3 is 9.69 Å². The summed E-state index contributed by atoms with van der Waals surface area (Å²) in [7, 11) is 1.40. The van der Waals surface area contributed by atoms with E-state index in [2.05, 4.69) is 0 Å². The van der Waals surface area contributed by atoms with Crippen LogP contribution in [0.5, 0.6) is 0 Å². The number of nitrogens with zero attached hydrogens (tertiary/aromatic N) is 1. The molecule has 0 heterocycles. The summed E-state index contributed by atoms with van der Waals surface area (Å²) in [6.07, 6.45) is 2.94. The van der Waals surface area contributed by atoms with Gasteiger partial charge in [0.1, 0.15) is 12.8 Å². The highest BCUT2D eigenvalue weighted by atomic mass is 19.4. The number of hydrogen-bond acceptors (Lipinski definition) is 2. The van der Waals surface area contributed by atoms with Gasteiger partial charge in [0.2, 0.25) is 0 Å². The number of hydrogen-bond donors (Lipinski definition) is 0. The highest BCUT2D eigenvalue weighted by molar-refractivity contribution is 5.48. The molecular weight excluding hydrogens is 310 g/mol. The molecule has 0 bridgehead atoms. The standard InChI is InChI=1S/C17H27F4NO/c1-4-15(18)11-10-14(2)16(9-7-5-6-8-12-23)22(3)13-17(19,20)21/h9,11-12,14H,4-8,10,13H2,1-3H3/b15-11+,16-9-. The first-order valence-corrected chi connectivity index (χ1v) is 7.97. The summed E-state index contributed by atoms with van der Waals surface area (Å²) >= 11 is 0. The molecule has 0 saturated heterocycles. The largest absolute Gasteiger partial charge is 0.405 e. The summed E-state index contributed by atoms with van der Waals surface area (Å²) in [5, 5.41) is 0. The predicted octanol–water partition coefficient (Wildman–Crippen LogP) is 5.41. The fraction of sp³-hybridized carbons (Fsp3) is 0.706. The molecule has 0 aromatic heterocycles. The second-order valence-corrected chi connectivity index (χ2v) is 5.69. The Labute approximate surface area is 136 Å². The van der Waals surface area contributed by atoms with Crippen molar-refractivity contribution < 1.29 is 22.4 Å². The van der Waals surface area contributed by atoms with Crippen LogP contribution in [0.3, 0.4) is 0 Å². The average molecular weight is 337 g/mol. The van der Waals surface area contributed by atoms with Crippen LogP contribution >= 0.6 is 0 Å². The van der Waals surface area contributed by atoms with Crippen molar-refractivity contribution in [3.8, 4) is 0 Å². The Kier molecular flexibility index (Phi) is 10.6. The van der Waals surface area contributed by atoms with Crippen molar-refractivity contribution >= 4 is 6.29 Å². The third kappa shape index (κ3) is 10.9. The zero-order valence-electron chi connectivity index (χ0n) is 14.1. The number of carbonyl (C=O) groups excluding carboxylic acids is 1. The SMILES string of the molecule is CC/C(F)=C\CC(C)/C(=C/CCCCC=O)N(C)CC(F)(F)F. The third-order valence-electron chi connectivity index (χ3n) is 3.52. The number of rotatable bonds is 11. The molecule has 2 nitrogen and oxygen atoms in total. The van der Waals surface area contributed by atoms with Crippen molar-refractivity contribution in [2.24, 2.45) is 5.92 Å². The minimum atomic E-state index is -4.28. The molecule has 0 aliphatic rings. The zero-order chi connectivity index (χ0) is 17.9. The molecule has 0 saturated carbocycles. The maximum absolute atomic E-state index is 13.2. The van der Waals surface area contributed by atoms with Crippen LogP contribution in [0.1, 0.15) is 52.4 Å². The van der Waals surface area contributed by atoms with Gasteiger partial charge in [0, 0.05) is 19.2 Å². The van der Waals surface area contributed by atoms with Gasteiger partial charge in [-0.3, -0.25) is 0 Å². The van der Waals surface area contributed by atoms with E-state index in [1.54, 1.807) is 19.9 Å². The lowest BCUT2D eigenvalue weighted by Gasteiger charge is -2.28. The molecule has 0 aromatic carbocycles. The summed E-state index contributed by atoms with van der Waals surface area (Å²) in [4.78, 5) is 11.4. The van der Waals surface area contributed by atoms with Gasteiger partial charge in [-0.15, -0.1) is 0 Å². The summed E-state index contributed by atoms with van der Waals surface area (Å²) in [5.41, 5.74) is 0.564. The van der Waals surface area contributed by atoms with E-state index in [1.165, 1.54) is 18.0 Å². The lowest BCUT2D eigenvalue weighted by Crippen LogP contribution is -2.32. The highest BCUT2D eigenvalue weighted by Crippen LogP contribution is 2.25. The molecule has 0 aliphatic heterocycles. The number of allylic oxidation sites excluding steroid dienone is 4. The van der Waals surface area contributed by atoms with Crippen LogP contribution in [0.25, 0.3) is 0 Å². The first-order valence-electron chi connectivity index (χ1n) is 7.97. The topological polar surface area (TPSA) is 20.3 Å². The van der Waals surface area contributed by atoms with Gasteiger partial charge in [0.05, 0.1) is 5.83 Å². The monoisotopic (exact) mass is 337 g/mol. The minimum Gasteiger partial charge on any atom is -0.369 e. The summed E-state index contributed by atoms with van der Waals surface area (Å²) in [6.45, 7) is 2.46. The lowest BCUT2D eigenvalue weighted by molar-refractivity contribution is -0.140. The van der Waals surface area contributed by atoms with Crippen molar-refractivity contribution in [1.29, 1.82) is 0 Å². The number of aldehydes is 1. The van der Waals surface area contributed by atoms with Crippen molar-refractivity contribution in [1.82, 2.24) is 4.90 Å². The van der Waals surface area contributed by atoms with Crippen LogP contribution in [0.4, 0.5) is 17.6 Å². The van der Waals surface area contributed by atoms with Gasteiger partial charge in [-0.2, -0.15) is 13.2 Å². The molecule has 0 amide bonds. The minimum absolute atomic E-state index is 0.203. The molecule has 134 valence electrons. The van der Waals surface area contributed by atoms with Crippen LogP contribution in [-0.4, -0.2) is 31.0 Å². The Morgan fingerprint density at radius 2 is 1.78 bits per heavy atom. The quantitative estimate of drug-likeness (QED) is 0.285. The molecule has 1 unspecified atom stereocenters. The van der Waals surface area contributed by atoms with Gasteiger partial charge in [0.25, 0.3) is 0 Å². The fourth-order valence-electron chi connectivity index (χ4n) is 2.29. The third-order valence-corrected chi connectivity index (χ3v) is 3.52. The number of unbranched alkanes of at least 4 members (excludes halogenated alkanes) is 3. The Bertz CT molecular complexity index is 402. The van der Waals surface area contributed by atoms with Crippen molar-refractivity contribution in [3.05, 3.63) is 23.7 Å². The van der Waals surface area contributed by atoms with E-state index >= 15 is 0 Å². The van der Waals surface area contributed by atoms with Gasteiger partial charge in [-0.25, -0.2) is 4.39 Å². The van der Waals surface area contributed by atoms with E-state index < -0.39 is 12.7 Å². The molecule has 0 aliphatic carbocycles. The Balaban J connectivity index is 4.89. The van der Waals surface area contributed by atoms with Gasteiger partial charge in [-0.05, 0) is 38.0 Å². The van der Waals surface area contributed by atoms with Crippen LogP contribution in [0, 0.1) is 5.92 Å². The summed E-state index contributed by atoms with van der Waals surface area (Å²) in [5.74, 6) is -0.452. The molecular formula is C17H27F4NO. The van der Waals surface area contributed by atoms with E-state index in [4.69, 9.17) is 0 Å². The normalized spacial score (nSPS) is 14.7. The molecule has 6 heteroatoms. The summed E-state index contributed by atoms with van der Waals surface area (Å²) < 4.78 is 51.1. The first-order chi connectivity index (χ1) is 10.7. The lowest BCUT2D eigenvalue weighted by atomic mass is 10.00. The van der Waals surface area contributed by atoms with Crippen LogP contribution in [0.2, 0.25) is 0 Å². The number of halogens is 4. The second kappa shape index (κ2) is 11.2. The van der Waals surface area contributed by atoms with Crippen LogP contribution in [0.15, 0.2) is 23.7 Å².